The smallest absolute Gasteiger partial charge is 0.176 e. The van der Waals surface area contributed by atoms with E-state index in [9.17, 15) is 0 Å². The highest BCUT2D eigenvalue weighted by Crippen LogP contribution is 2.24. The van der Waals surface area contributed by atoms with E-state index in [-0.39, 0.29) is 5.69 Å². The van der Waals surface area contributed by atoms with Gasteiger partial charge in [0.15, 0.2) is 11.4 Å². The number of rotatable bonds is 2. The van der Waals surface area contributed by atoms with Gasteiger partial charge in [0.25, 0.3) is 0 Å². The van der Waals surface area contributed by atoms with Crippen LogP contribution in [0.3, 0.4) is 0 Å². The molecule has 0 N–H and O–H groups in total. The number of nitriles is 2. The Hall–Kier alpha value is -1.63. The molecule has 2 heterocycles. The molecule has 0 fully saturated rings. The first kappa shape index (κ1) is 10.9. The van der Waals surface area contributed by atoms with Gasteiger partial charge in [-0.25, -0.2) is 4.98 Å². The number of halogens is 1. The van der Waals surface area contributed by atoms with Crippen molar-refractivity contribution in [1.29, 1.82) is 10.5 Å². The number of nitrogens with zero attached hydrogens (tertiary/aromatic N) is 4. The van der Waals surface area contributed by atoms with Gasteiger partial charge in [0.1, 0.15) is 12.1 Å². The maximum atomic E-state index is 8.95. The van der Waals surface area contributed by atoms with Crippen molar-refractivity contribution in [1.82, 2.24) is 9.55 Å². The molecular weight excluding hydrogens is 288 g/mol. The molecule has 4 nitrogen and oxygen atoms in total. The molecule has 0 aliphatic carbocycles. The van der Waals surface area contributed by atoms with Crippen molar-refractivity contribution in [3.05, 3.63) is 38.5 Å². The average Bonchev–Trinajstić information content (AvgIpc) is 2.86. The SMILES string of the molecule is N#Cc1ncn(Cc2sccc2Br)c1C#N. The molecule has 0 spiro atoms. The second-order valence-electron chi connectivity index (χ2n) is 2.99. The Balaban J connectivity index is 2.37. The van der Waals surface area contributed by atoms with Crippen molar-refractivity contribution in [2.75, 3.05) is 0 Å². The van der Waals surface area contributed by atoms with E-state index in [1.165, 1.54) is 6.33 Å². The summed E-state index contributed by atoms with van der Waals surface area (Å²) in [5, 5.41) is 19.7. The Labute approximate surface area is 105 Å². The normalized spacial score (nSPS) is 9.69. The van der Waals surface area contributed by atoms with Crippen LogP contribution in [0.1, 0.15) is 16.3 Å². The highest BCUT2D eigenvalue weighted by atomic mass is 79.9. The van der Waals surface area contributed by atoms with Gasteiger partial charge in [-0.1, -0.05) is 0 Å². The van der Waals surface area contributed by atoms with Gasteiger partial charge in [-0.05, 0) is 27.4 Å². The number of hydrogen-bond donors (Lipinski definition) is 0. The molecule has 2 aromatic heterocycles. The number of aromatic nitrogens is 2. The maximum absolute atomic E-state index is 8.95. The molecule has 6 heteroatoms. The Morgan fingerprint density at radius 1 is 1.44 bits per heavy atom. The van der Waals surface area contributed by atoms with Crippen molar-refractivity contribution < 1.29 is 0 Å². The summed E-state index contributed by atoms with van der Waals surface area (Å²) in [6, 6.07) is 5.85. The fourth-order valence-electron chi connectivity index (χ4n) is 1.29. The largest absolute Gasteiger partial charge is 0.316 e. The zero-order valence-electron chi connectivity index (χ0n) is 8.01. The molecule has 0 saturated heterocycles. The van der Waals surface area contributed by atoms with Crippen molar-refractivity contribution in [3.8, 4) is 12.1 Å². The fraction of sp³-hybridized carbons (Fsp3) is 0.100. The van der Waals surface area contributed by atoms with E-state index in [4.69, 9.17) is 10.5 Å². The van der Waals surface area contributed by atoms with E-state index in [0.29, 0.717) is 12.2 Å². The molecular formula is C10H5BrN4S. The first-order chi connectivity index (χ1) is 7.76. The first-order valence-electron chi connectivity index (χ1n) is 4.33. The lowest BCUT2D eigenvalue weighted by atomic mass is 10.3. The molecule has 0 radical (unpaired) electrons. The molecule has 16 heavy (non-hydrogen) atoms. The summed E-state index contributed by atoms with van der Waals surface area (Å²) in [6.45, 7) is 0.551. The Kier molecular flexibility index (Phi) is 3.04. The van der Waals surface area contributed by atoms with Gasteiger partial charge in [-0.3, -0.25) is 0 Å². The first-order valence-corrected chi connectivity index (χ1v) is 6.00. The summed E-state index contributed by atoms with van der Waals surface area (Å²) >= 11 is 5.02. The number of imidazole rings is 1. The molecule has 2 aromatic rings. The van der Waals surface area contributed by atoms with Gasteiger partial charge in [-0.2, -0.15) is 10.5 Å². The second kappa shape index (κ2) is 4.48. The molecule has 0 saturated carbocycles. The van der Waals surface area contributed by atoms with E-state index in [0.717, 1.165) is 9.35 Å². The van der Waals surface area contributed by atoms with Gasteiger partial charge >= 0.3 is 0 Å². The van der Waals surface area contributed by atoms with E-state index < -0.39 is 0 Å². The molecule has 78 valence electrons. The second-order valence-corrected chi connectivity index (χ2v) is 4.84. The minimum atomic E-state index is 0.176. The molecule has 0 amide bonds. The van der Waals surface area contributed by atoms with Gasteiger partial charge in [0.2, 0.25) is 0 Å². The minimum absolute atomic E-state index is 0.176. The van der Waals surface area contributed by atoms with E-state index >= 15 is 0 Å². The summed E-state index contributed by atoms with van der Waals surface area (Å²) in [6.07, 6.45) is 1.52. The lowest BCUT2D eigenvalue weighted by Gasteiger charge is -2.01. The van der Waals surface area contributed by atoms with Crippen LogP contribution >= 0.6 is 27.3 Å². The van der Waals surface area contributed by atoms with Gasteiger partial charge in [0.05, 0.1) is 12.9 Å². The maximum Gasteiger partial charge on any atom is 0.176 e. The van der Waals surface area contributed by atoms with Gasteiger partial charge < -0.3 is 4.57 Å². The Morgan fingerprint density at radius 2 is 2.25 bits per heavy atom. The van der Waals surface area contributed by atoms with Crippen molar-refractivity contribution in [3.63, 3.8) is 0 Å². The lowest BCUT2D eigenvalue weighted by molar-refractivity contribution is 0.795. The highest BCUT2D eigenvalue weighted by molar-refractivity contribution is 9.10. The predicted molar refractivity (Wildman–Crippen MR) is 62.8 cm³/mol. The molecule has 0 atom stereocenters. The summed E-state index contributed by atoms with van der Waals surface area (Å²) in [5.74, 6) is 0. The topological polar surface area (TPSA) is 65.4 Å². The average molecular weight is 293 g/mol. The molecule has 0 aliphatic heterocycles. The van der Waals surface area contributed by atoms with Gasteiger partial charge in [0, 0.05) is 9.35 Å². The van der Waals surface area contributed by atoms with Crippen LogP contribution in [0.2, 0.25) is 0 Å². The Morgan fingerprint density at radius 3 is 2.81 bits per heavy atom. The van der Waals surface area contributed by atoms with E-state index in [1.807, 2.05) is 23.6 Å². The number of thiophene rings is 1. The van der Waals surface area contributed by atoms with Crippen LogP contribution in [0.25, 0.3) is 0 Å². The molecule has 2 rings (SSSR count). The molecule has 0 aromatic carbocycles. The minimum Gasteiger partial charge on any atom is -0.316 e. The van der Waals surface area contributed by atoms with E-state index in [2.05, 4.69) is 20.9 Å². The van der Waals surface area contributed by atoms with Crippen LogP contribution in [0.15, 0.2) is 22.2 Å². The van der Waals surface area contributed by atoms with Crippen LogP contribution in [0.4, 0.5) is 0 Å². The van der Waals surface area contributed by atoms with Crippen LogP contribution in [-0.4, -0.2) is 9.55 Å². The van der Waals surface area contributed by atoms with Crippen LogP contribution < -0.4 is 0 Å². The van der Waals surface area contributed by atoms with E-state index in [1.54, 1.807) is 15.9 Å². The third-order valence-corrected chi connectivity index (χ3v) is 3.97. The lowest BCUT2D eigenvalue weighted by Crippen LogP contribution is -2.00. The summed E-state index contributed by atoms with van der Waals surface area (Å²) in [4.78, 5) is 4.98. The quantitative estimate of drug-likeness (QED) is 0.854. The third-order valence-electron chi connectivity index (χ3n) is 2.05. The Bertz CT molecular complexity index is 599. The van der Waals surface area contributed by atoms with Crippen molar-refractivity contribution in [2.45, 2.75) is 6.54 Å². The summed E-state index contributed by atoms with van der Waals surface area (Å²) in [7, 11) is 0. The van der Waals surface area contributed by atoms with Gasteiger partial charge in [-0.15, -0.1) is 11.3 Å². The fourth-order valence-corrected chi connectivity index (χ4v) is 2.77. The summed E-state index contributed by atoms with van der Waals surface area (Å²) < 4.78 is 2.68. The summed E-state index contributed by atoms with van der Waals surface area (Å²) in [5.41, 5.74) is 0.484. The standard InChI is InChI=1S/C10H5BrN4S/c11-7-1-2-16-10(7)5-15-6-14-8(3-12)9(15)4-13/h1-2,6H,5H2. The molecule has 0 aliphatic rings. The zero-order valence-corrected chi connectivity index (χ0v) is 10.4. The third kappa shape index (κ3) is 1.85. The number of hydrogen-bond acceptors (Lipinski definition) is 4. The molecule has 0 bridgehead atoms. The highest BCUT2D eigenvalue weighted by Gasteiger charge is 2.11. The van der Waals surface area contributed by atoms with Crippen molar-refractivity contribution >= 4 is 27.3 Å². The van der Waals surface area contributed by atoms with Crippen LogP contribution in [-0.2, 0) is 6.54 Å². The zero-order chi connectivity index (χ0) is 11.5. The van der Waals surface area contributed by atoms with Crippen LogP contribution in [0, 0.1) is 22.7 Å². The van der Waals surface area contributed by atoms with Crippen LogP contribution in [0.5, 0.6) is 0 Å². The molecule has 0 unspecified atom stereocenters. The van der Waals surface area contributed by atoms with Crippen molar-refractivity contribution in [2.24, 2.45) is 0 Å². The monoisotopic (exact) mass is 292 g/mol. The predicted octanol–water partition coefficient (Wildman–Crippen LogP) is 2.50.